The lowest BCUT2D eigenvalue weighted by Gasteiger charge is -2.19. The van der Waals surface area contributed by atoms with E-state index in [0.717, 1.165) is 0 Å². The van der Waals surface area contributed by atoms with Crippen molar-refractivity contribution < 1.29 is 19.1 Å². The van der Waals surface area contributed by atoms with Crippen molar-refractivity contribution in [1.29, 1.82) is 0 Å². The molecule has 0 spiro atoms. The van der Waals surface area contributed by atoms with Crippen molar-refractivity contribution in [2.75, 3.05) is 0 Å². The zero-order valence-corrected chi connectivity index (χ0v) is 14.1. The molecule has 5 heteroatoms. The van der Waals surface area contributed by atoms with Gasteiger partial charge in [0.1, 0.15) is 11.7 Å². The van der Waals surface area contributed by atoms with Gasteiger partial charge in [0.25, 0.3) is 0 Å². The van der Waals surface area contributed by atoms with Crippen molar-refractivity contribution in [3.63, 3.8) is 0 Å². The quantitative estimate of drug-likeness (QED) is 0.451. The molecule has 0 radical (unpaired) electrons. The third kappa shape index (κ3) is 4.30. The molecule has 0 aliphatic heterocycles. The van der Waals surface area contributed by atoms with Crippen molar-refractivity contribution >= 4 is 29.1 Å². The predicted molar refractivity (Wildman–Crippen MR) is 90.9 cm³/mol. The molecule has 0 saturated carbocycles. The molecule has 2 rings (SSSR count). The maximum atomic E-state index is 12.8. The summed E-state index contributed by atoms with van der Waals surface area (Å²) in [7, 11) is 0. The van der Waals surface area contributed by atoms with E-state index in [-0.39, 0.29) is 11.6 Å². The molecule has 0 N–H and O–H groups in total. The molecule has 0 heterocycles. The SMILES string of the molecule is CC(=O)C(C)C(=O)OC(C(=O)c1ccccc1)c1cccc(Cl)c1. The highest BCUT2D eigenvalue weighted by atomic mass is 35.5. The molecular formula is C19H17ClO4. The number of benzene rings is 2. The minimum absolute atomic E-state index is 0.322. The second-order valence-corrected chi connectivity index (χ2v) is 5.87. The Labute approximate surface area is 145 Å². The van der Waals surface area contributed by atoms with E-state index in [1.54, 1.807) is 54.6 Å². The third-order valence-electron chi connectivity index (χ3n) is 3.65. The van der Waals surface area contributed by atoms with Crippen LogP contribution in [-0.2, 0) is 14.3 Å². The second kappa shape index (κ2) is 7.88. The third-order valence-corrected chi connectivity index (χ3v) is 3.88. The lowest BCUT2D eigenvalue weighted by atomic mass is 9.99. The summed E-state index contributed by atoms with van der Waals surface area (Å²) in [5.74, 6) is -2.37. The van der Waals surface area contributed by atoms with Gasteiger partial charge in [-0.2, -0.15) is 0 Å². The van der Waals surface area contributed by atoms with E-state index in [0.29, 0.717) is 16.1 Å². The first-order valence-electron chi connectivity index (χ1n) is 7.46. The zero-order valence-electron chi connectivity index (χ0n) is 13.4. The fourth-order valence-corrected chi connectivity index (χ4v) is 2.28. The Morgan fingerprint density at radius 1 is 1.00 bits per heavy atom. The number of ketones is 2. The first-order valence-corrected chi connectivity index (χ1v) is 7.83. The van der Waals surface area contributed by atoms with Gasteiger partial charge in [0.15, 0.2) is 6.10 Å². The van der Waals surface area contributed by atoms with Gasteiger partial charge >= 0.3 is 5.97 Å². The van der Waals surface area contributed by atoms with Crippen LogP contribution in [0.15, 0.2) is 54.6 Å². The molecule has 2 aromatic carbocycles. The highest BCUT2D eigenvalue weighted by Gasteiger charge is 2.29. The minimum Gasteiger partial charge on any atom is -0.448 e. The van der Waals surface area contributed by atoms with Crippen molar-refractivity contribution in [3.05, 3.63) is 70.7 Å². The molecule has 124 valence electrons. The van der Waals surface area contributed by atoms with Gasteiger partial charge in [-0.05, 0) is 26.0 Å². The highest BCUT2D eigenvalue weighted by Crippen LogP contribution is 2.26. The molecule has 0 bridgehead atoms. The van der Waals surface area contributed by atoms with Crippen LogP contribution in [0, 0.1) is 5.92 Å². The summed E-state index contributed by atoms with van der Waals surface area (Å²) < 4.78 is 5.36. The molecule has 4 nitrogen and oxygen atoms in total. The fraction of sp³-hybridized carbons (Fsp3) is 0.211. The average Bonchev–Trinajstić information content (AvgIpc) is 2.58. The summed E-state index contributed by atoms with van der Waals surface area (Å²) in [6, 6.07) is 15.1. The van der Waals surface area contributed by atoms with Crippen molar-refractivity contribution in [3.8, 4) is 0 Å². The molecule has 0 saturated heterocycles. The van der Waals surface area contributed by atoms with Crippen LogP contribution < -0.4 is 0 Å². The predicted octanol–water partition coefficient (Wildman–Crippen LogP) is 4.03. The molecule has 0 amide bonds. The van der Waals surface area contributed by atoms with E-state index in [1.165, 1.54) is 13.8 Å². The second-order valence-electron chi connectivity index (χ2n) is 5.43. The summed E-state index contributed by atoms with van der Waals surface area (Å²) in [5.41, 5.74) is 0.867. The highest BCUT2D eigenvalue weighted by molar-refractivity contribution is 6.30. The van der Waals surface area contributed by atoms with Crippen LogP contribution in [0.1, 0.15) is 35.9 Å². The van der Waals surface area contributed by atoms with Gasteiger partial charge in [-0.25, -0.2) is 0 Å². The molecular weight excluding hydrogens is 328 g/mol. The summed E-state index contributed by atoms with van der Waals surface area (Å²) in [6.45, 7) is 2.76. The number of halogens is 1. The van der Waals surface area contributed by atoms with E-state index < -0.39 is 18.0 Å². The van der Waals surface area contributed by atoms with Crippen LogP contribution >= 0.6 is 11.6 Å². The van der Waals surface area contributed by atoms with Gasteiger partial charge in [0, 0.05) is 16.1 Å². The van der Waals surface area contributed by atoms with Crippen LogP contribution in [0.3, 0.4) is 0 Å². The first-order chi connectivity index (χ1) is 11.4. The van der Waals surface area contributed by atoms with Gasteiger partial charge in [-0.1, -0.05) is 54.1 Å². The smallest absolute Gasteiger partial charge is 0.317 e. The van der Waals surface area contributed by atoms with Gasteiger partial charge in [-0.3, -0.25) is 14.4 Å². The van der Waals surface area contributed by atoms with Crippen molar-refractivity contribution in [2.45, 2.75) is 20.0 Å². The Morgan fingerprint density at radius 2 is 1.67 bits per heavy atom. The van der Waals surface area contributed by atoms with Crippen molar-refractivity contribution in [1.82, 2.24) is 0 Å². The largest absolute Gasteiger partial charge is 0.448 e. The Kier molecular flexibility index (Phi) is 5.88. The number of Topliss-reactive ketones (excluding diaryl/α,β-unsaturated/α-hetero) is 2. The topological polar surface area (TPSA) is 60.4 Å². The van der Waals surface area contributed by atoms with Gasteiger partial charge in [-0.15, -0.1) is 0 Å². The zero-order chi connectivity index (χ0) is 17.7. The summed E-state index contributed by atoms with van der Waals surface area (Å²) in [4.78, 5) is 36.3. The summed E-state index contributed by atoms with van der Waals surface area (Å²) in [5, 5.41) is 0.425. The van der Waals surface area contributed by atoms with E-state index in [1.807, 2.05) is 0 Å². The van der Waals surface area contributed by atoms with E-state index in [4.69, 9.17) is 16.3 Å². The van der Waals surface area contributed by atoms with Crippen LogP contribution in [0.25, 0.3) is 0 Å². The molecule has 2 aromatic rings. The average molecular weight is 345 g/mol. The maximum absolute atomic E-state index is 12.8. The summed E-state index contributed by atoms with van der Waals surface area (Å²) in [6.07, 6.45) is -1.15. The number of rotatable bonds is 6. The number of hydrogen-bond donors (Lipinski definition) is 0. The molecule has 24 heavy (non-hydrogen) atoms. The maximum Gasteiger partial charge on any atom is 0.317 e. The molecule has 2 unspecified atom stereocenters. The Balaban J connectivity index is 2.37. The number of carbonyl (C=O) groups excluding carboxylic acids is 3. The van der Waals surface area contributed by atoms with Crippen LogP contribution in [-0.4, -0.2) is 17.5 Å². The monoisotopic (exact) mass is 344 g/mol. The van der Waals surface area contributed by atoms with E-state index in [2.05, 4.69) is 0 Å². The molecule has 0 aliphatic rings. The minimum atomic E-state index is -1.15. The van der Waals surface area contributed by atoms with E-state index in [9.17, 15) is 14.4 Å². The van der Waals surface area contributed by atoms with Crippen molar-refractivity contribution in [2.24, 2.45) is 5.92 Å². The summed E-state index contributed by atoms with van der Waals surface area (Å²) >= 11 is 5.98. The number of esters is 1. The standard InChI is InChI=1S/C19H17ClO4/c1-12(13(2)21)19(23)24-18(15-9-6-10-16(20)11-15)17(22)14-7-4-3-5-8-14/h3-12,18H,1-2H3. The normalized spacial score (nSPS) is 13.0. The molecule has 0 fully saturated rings. The number of hydrogen-bond acceptors (Lipinski definition) is 4. The molecule has 0 aromatic heterocycles. The van der Waals surface area contributed by atoms with Gasteiger partial charge in [0.05, 0.1) is 0 Å². The lowest BCUT2D eigenvalue weighted by Crippen LogP contribution is -2.26. The Bertz CT molecular complexity index is 755. The Hall–Kier alpha value is -2.46. The van der Waals surface area contributed by atoms with Crippen LogP contribution in [0.4, 0.5) is 0 Å². The Morgan fingerprint density at radius 3 is 2.25 bits per heavy atom. The van der Waals surface area contributed by atoms with Gasteiger partial charge < -0.3 is 4.74 Å². The fourth-order valence-electron chi connectivity index (χ4n) is 2.08. The first kappa shape index (κ1) is 17.9. The number of ether oxygens (including phenoxy) is 1. The molecule has 2 atom stereocenters. The van der Waals surface area contributed by atoms with Gasteiger partial charge in [0.2, 0.25) is 5.78 Å². The molecule has 0 aliphatic carbocycles. The van der Waals surface area contributed by atoms with E-state index >= 15 is 0 Å². The number of carbonyl (C=O) groups is 3. The van der Waals surface area contributed by atoms with Crippen LogP contribution in [0.5, 0.6) is 0 Å². The van der Waals surface area contributed by atoms with Crippen LogP contribution in [0.2, 0.25) is 5.02 Å². The lowest BCUT2D eigenvalue weighted by molar-refractivity contribution is -0.154.